The first-order valence-corrected chi connectivity index (χ1v) is 10.1. The van der Waals surface area contributed by atoms with Gasteiger partial charge in [-0.1, -0.05) is 54.6 Å². The molecule has 0 saturated heterocycles. The van der Waals surface area contributed by atoms with Crippen LogP contribution in [0.5, 0.6) is 0 Å². The Kier molecular flexibility index (Phi) is 8.57. The van der Waals surface area contributed by atoms with Gasteiger partial charge < -0.3 is 15.8 Å². The number of carbonyl (C=O) groups excluding carboxylic acids is 3. The third-order valence-electron chi connectivity index (χ3n) is 4.24. The number of alkyl carbamates (subject to hydrolysis) is 1. The summed E-state index contributed by atoms with van der Waals surface area (Å²) in [5.41, 5.74) is 12.2. The molecule has 0 aliphatic heterocycles. The van der Waals surface area contributed by atoms with Gasteiger partial charge in [0.1, 0.15) is 11.6 Å². The fourth-order valence-corrected chi connectivity index (χ4v) is 2.75. The van der Waals surface area contributed by atoms with Crippen molar-refractivity contribution in [3.63, 3.8) is 0 Å². The van der Waals surface area contributed by atoms with E-state index >= 15 is 0 Å². The number of ether oxygens (including phenoxy) is 1. The maximum Gasteiger partial charge on any atom is 0.408 e. The molecule has 8 heteroatoms. The maximum atomic E-state index is 12.7. The van der Waals surface area contributed by atoms with Crippen molar-refractivity contribution in [3.8, 4) is 0 Å². The summed E-state index contributed by atoms with van der Waals surface area (Å²) in [5, 5.41) is 2.57. The summed E-state index contributed by atoms with van der Waals surface area (Å²) >= 11 is 0. The minimum Gasteiger partial charge on any atom is -0.444 e. The second kappa shape index (κ2) is 11.1. The molecule has 0 aliphatic rings. The predicted octanol–water partition coefficient (Wildman–Crippen LogP) is 1.97. The highest BCUT2D eigenvalue weighted by molar-refractivity contribution is 5.88. The Morgan fingerprint density at radius 2 is 1.52 bits per heavy atom. The van der Waals surface area contributed by atoms with E-state index in [1.807, 2.05) is 54.6 Å². The van der Waals surface area contributed by atoms with E-state index in [0.29, 0.717) is 6.54 Å². The summed E-state index contributed by atoms with van der Waals surface area (Å²) in [6.45, 7) is 5.63. The van der Waals surface area contributed by atoms with Crippen molar-refractivity contribution in [2.24, 2.45) is 5.73 Å². The van der Waals surface area contributed by atoms with E-state index in [1.54, 1.807) is 20.8 Å². The number of hydrazine groups is 1. The highest BCUT2D eigenvalue weighted by atomic mass is 16.6. The molecule has 1 atom stereocenters. The van der Waals surface area contributed by atoms with Crippen LogP contribution in [0.3, 0.4) is 0 Å². The summed E-state index contributed by atoms with van der Waals surface area (Å²) in [7, 11) is 0. The molecule has 0 bridgehead atoms. The molecule has 0 fully saturated rings. The lowest BCUT2D eigenvalue weighted by Crippen LogP contribution is -2.54. The normalized spacial score (nSPS) is 11.9. The zero-order valence-electron chi connectivity index (χ0n) is 18.1. The molecule has 2 aromatic carbocycles. The number of carbonyl (C=O) groups is 3. The van der Waals surface area contributed by atoms with Crippen molar-refractivity contribution >= 4 is 17.9 Å². The summed E-state index contributed by atoms with van der Waals surface area (Å²) in [4.78, 5) is 37.1. The number of rotatable bonds is 7. The first-order chi connectivity index (χ1) is 14.7. The Hall–Kier alpha value is -3.39. The average Bonchev–Trinajstić information content (AvgIpc) is 2.71. The first-order valence-electron chi connectivity index (χ1n) is 10.1. The van der Waals surface area contributed by atoms with Crippen molar-refractivity contribution in [2.75, 3.05) is 0 Å². The topological polar surface area (TPSA) is 123 Å². The van der Waals surface area contributed by atoms with Gasteiger partial charge in [0.2, 0.25) is 5.91 Å². The van der Waals surface area contributed by atoms with Crippen LogP contribution in [0.15, 0.2) is 54.6 Å². The van der Waals surface area contributed by atoms with Gasteiger partial charge in [-0.05, 0) is 37.5 Å². The maximum absolute atomic E-state index is 12.7. The molecule has 166 valence electrons. The van der Waals surface area contributed by atoms with Crippen LogP contribution in [0.2, 0.25) is 0 Å². The quantitative estimate of drug-likeness (QED) is 0.504. The molecule has 0 aliphatic carbocycles. The van der Waals surface area contributed by atoms with Gasteiger partial charge in [-0.15, -0.1) is 0 Å². The number of nitrogens with two attached hydrogens (primary N) is 1. The lowest BCUT2D eigenvalue weighted by molar-refractivity contribution is -0.129. The average molecular weight is 427 g/mol. The van der Waals surface area contributed by atoms with Crippen molar-refractivity contribution in [1.82, 2.24) is 16.2 Å². The van der Waals surface area contributed by atoms with Crippen LogP contribution in [0.1, 0.15) is 37.5 Å². The standard InChI is InChI=1S/C23H30N4O4/c1-23(2,3)31-22(30)25-19(13-16-7-5-4-6-8-16)21(29)27-26-20(28)14-17-9-11-18(15-24)12-10-17/h4-12,19H,13-15,24H2,1-3H3,(H,25,30)(H,26,28)(H,27,29)/t19-/m1/s1. The van der Waals surface area contributed by atoms with E-state index in [1.165, 1.54) is 0 Å². The van der Waals surface area contributed by atoms with Crippen LogP contribution < -0.4 is 21.9 Å². The van der Waals surface area contributed by atoms with Crippen LogP contribution in [0.4, 0.5) is 4.79 Å². The van der Waals surface area contributed by atoms with Crippen LogP contribution in [0.25, 0.3) is 0 Å². The number of hydrogen-bond donors (Lipinski definition) is 4. The van der Waals surface area contributed by atoms with Crippen molar-refractivity contribution < 1.29 is 19.1 Å². The third-order valence-corrected chi connectivity index (χ3v) is 4.24. The van der Waals surface area contributed by atoms with Gasteiger partial charge in [-0.2, -0.15) is 0 Å². The highest BCUT2D eigenvalue weighted by Gasteiger charge is 2.25. The Labute approximate surface area is 182 Å². The summed E-state index contributed by atoms with van der Waals surface area (Å²) < 4.78 is 5.25. The molecular weight excluding hydrogens is 396 g/mol. The molecule has 31 heavy (non-hydrogen) atoms. The van der Waals surface area contributed by atoms with E-state index in [4.69, 9.17) is 10.5 Å². The predicted molar refractivity (Wildman–Crippen MR) is 118 cm³/mol. The van der Waals surface area contributed by atoms with Gasteiger partial charge in [-0.25, -0.2) is 4.79 Å². The summed E-state index contributed by atoms with van der Waals surface area (Å²) in [6.07, 6.45) is -0.383. The largest absolute Gasteiger partial charge is 0.444 e. The van der Waals surface area contributed by atoms with Crippen molar-refractivity contribution in [3.05, 3.63) is 71.3 Å². The fraction of sp³-hybridized carbons (Fsp3) is 0.348. The van der Waals surface area contributed by atoms with Gasteiger partial charge in [0.25, 0.3) is 5.91 Å². The molecule has 2 aromatic rings. The zero-order valence-corrected chi connectivity index (χ0v) is 18.1. The molecule has 0 unspecified atom stereocenters. The minimum atomic E-state index is -0.929. The summed E-state index contributed by atoms with van der Waals surface area (Å²) in [6, 6.07) is 15.6. The molecule has 0 heterocycles. The number of benzene rings is 2. The fourth-order valence-electron chi connectivity index (χ4n) is 2.75. The van der Waals surface area contributed by atoms with Gasteiger partial charge in [-0.3, -0.25) is 20.4 Å². The smallest absolute Gasteiger partial charge is 0.408 e. The Balaban J connectivity index is 1.96. The minimum absolute atomic E-state index is 0.0912. The second-order valence-electron chi connectivity index (χ2n) is 8.12. The second-order valence-corrected chi connectivity index (χ2v) is 8.12. The Morgan fingerprint density at radius 3 is 2.10 bits per heavy atom. The lowest BCUT2D eigenvalue weighted by Gasteiger charge is -2.23. The van der Waals surface area contributed by atoms with Crippen LogP contribution >= 0.6 is 0 Å². The van der Waals surface area contributed by atoms with Crippen molar-refractivity contribution in [2.45, 2.75) is 51.8 Å². The van der Waals surface area contributed by atoms with E-state index < -0.39 is 23.6 Å². The van der Waals surface area contributed by atoms with E-state index in [-0.39, 0.29) is 18.7 Å². The molecule has 0 radical (unpaired) electrons. The molecule has 5 N–H and O–H groups in total. The monoisotopic (exact) mass is 426 g/mol. The lowest BCUT2D eigenvalue weighted by atomic mass is 10.1. The highest BCUT2D eigenvalue weighted by Crippen LogP contribution is 2.09. The van der Waals surface area contributed by atoms with Crippen LogP contribution in [0, 0.1) is 0 Å². The number of amides is 3. The molecule has 3 amide bonds. The molecule has 2 rings (SSSR count). The Morgan fingerprint density at radius 1 is 0.903 bits per heavy atom. The van der Waals surface area contributed by atoms with Gasteiger partial charge in [0.05, 0.1) is 6.42 Å². The third kappa shape index (κ3) is 8.88. The van der Waals surface area contributed by atoms with Gasteiger partial charge in [0.15, 0.2) is 0 Å². The van der Waals surface area contributed by atoms with Crippen LogP contribution in [-0.4, -0.2) is 29.6 Å². The zero-order chi connectivity index (χ0) is 22.9. The van der Waals surface area contributed by atoms with Gasteiger partial charge >= 0.3 is 6.09 Å². The first kappa shape index (κ1) is 23.9. The molecular formula is C23H30N4O4. The number of hydrogen-bond acceptors (Lipinski definition) is 5. The van der Waals surface area contributed by atoms with E-state index in [9.17, 15) is 14.4 Å². The van der Waals surface area contributed by atoms with E-state index in [0.717, 1.165) is 16.7 Å². The SMILES string of the molecule is CC(C)(C)OC(=O)N[C@H](Cc1ccccc1)C(=O)NNC(=O)Cc1ccc(CN)cc1. The number of nitrogens with one attached hydrogen (secondary N) is 3. The van der Waals surface area contributed by atoms with Gasteiger partial charge in [0, 0.05) is 13.0 Å². The van der Waals surface area contributed by atoms with E-state index in [2.05, 4.69) is 16.2 Å². The molecule has 0 aromatic heterocycles. The summed E-state index contributed by atoms with van der Waals surface area (Å²) in [5.74, 6) is -0.939. The Bertz CT molecular complexity index is 877. The van der Waals surface area contributed by atoms with Crippen LogP contribution in [-0.2, 0) is 33.7 Å². The molecule has 8 nitrogen and oxygen atoms in total. The molecule has 0 saturated carbocycles. The molecule has 0 spiro atoms. The van der Waals surface area contributed by atoms with Crippen molar-refractivity contribution in [1.29, 1.82) is 0 Å².